The van der Waals surface area contributed by atoms with E-state index in [1.54, 1.807) is 37.4 Å². The lowest BCUT2D eigenvalue weighted by molar-refractivity contribution is -0.0180. The molecule has 0 N–H and O–H groups in total. The van der Waals surface area contributed by atoms with E-state index in [0.717, 1.165) is 11.1 Å². The SMILES string of the molecule is CCOCc1cc(C(=O)OCc2cc(Cl)cc3c2OCOC3)ccc1OC. The second-order valence-electron chi connectivity index (χ2n) is 5.90. The molecule has 1 heterocycles. The summed E-state index contributed by atoms with van der Waals surface area (Å²) in [6, 6.07) is 8.62. The molecule has 6 nitrogen and oxygen atoms in total. The molecule has 0 fully saturated rings. The van der Waals surface area contributed by atoms with Crippen LogP contribution in [0.3, 0.4) is 0 Å². The van der Waals surface area contributed by atoms with Gasteiger partial charge < -0.3 is 23.7 Å². The zero-order valence-corrected chi connectivity index (χ0v) is 16.0. The predicted octanol–water partition coefficient (Wildman–Crippen LogP) is 4.11. The molecule has 7 heteroatoms. The van der Waals surface area contributed by atoms with Gasteiger partial charge in [-0.2, -0.15) is 0 Å². The molecule has 27 heavy (non-hydrogen) atoms. The molecule has 0 spiro atoms. The third kappa shape index (κ3) is 4.71. The fourth-order valence-electron chi connectivity index (χ4n) is 2.82. The molecule has 2 aromatic carbocycles. The van der Waals surface area contributed by atoms with Crippen LogP contribution in [-0.4, -0.2) is 26.5 Å². The molecule has 0 saturated carbocycles. The Kier molecular flexibility index (Phi) is 6.55. The van der Waals surface area contributed by atoms with Crippen molar-refractivity contribution in [1.82, 2.24) is 0 Å². The fourth-order valence-corrected chi connectivity index (χ4v) is 3.08. The van der Waals surface area contributed by atoms with Crippen LogP contribution in [0.15, 0.2) is 30.3 Å². The number of halogens is 1. The van der Waals surface area contributed by atoms with Crippen molar-refractivity contribution in [3.63, 3.8) is 0 Å². The van der Waals surface area contributed by atoms with Crippen LogP contribution in [0.25, 0.3) is 0 Å². The van der Waals surface area contributed by atoms with E-state index >= 15 is 0 Å². The van der Waals surface area contributed by atoms with Crippen molar-refractivity contribution in [1.29, 1.82) is 0 Å². The average molecular weight is 393 g/mol. The van der Waals surface area contributed by atoms with E-state index in [-0.39, 0.29) is 13.4 Å². The van der Waals surface area contributed by atoms with Gasteiger partial charge in [0, 0.05) is 28.3 Å². The number of fused-ring (bicyclic) bond motifs is 1. The van der Waals surface area contributed by atoms with E-state index in [2.05, 4.69) is 0 Å². The molecule has 0 amide bonds. The molecule has 0 atom stereocenters. The Labute approximate surface area is 162 Å². The van der Waals surface area contributed by atoms with Crippen LogP contribution >= 0.6 is 11.6 Å². The highest BCUT2D eigenvalue weighted by Crippen LogP contribution is 2.32. The number of methoxy groups -OCH3 is 1. The maximum atomic E-state index is 12.5. The summed E-state index contributed by atoms with van der Waals surface area (Å²) in [6.45, 7) is 3.46. The zero-order chi connectivity index (χ0) is 19.2. The third-order valence-electron chi connectivity index (χ3n) is 4.09. The molecule has 0 aliphatic carbocycles. The van der Waals surface area contributed by atoms with Gasteiger partial charge in [0.15, 0.2) is 6.79 Å². The predicted molar refractivity (Wildman–Crippen MR) is 99.2 cm³/mol. The molecule has 2 aromatic rings. The lowest BCUT2D eigenvalue weighted by Gasteiger charge is -2.21. The van der Waals surface area contributed by atoms with Crippen molar-refractivity contribution in [2.24, 2.45) is 0 Å². The topological polar surface area (TPSA) is 63.2 Å². The van der Waals surface area contributed by atoms with E-state index in [1.807, 2.05) is 6.92 Å². The van der Waals surface area contributed by atoms with Crippen molar-refractivity contribution in [2.75, 3.05) is 20.5 Å². The summed E-state index contributed by atoms with van der Waals surface area (Å²) in [5.41, 5.74) is 2.75. The summed E-state index contributed by atoms with van der Waals surface area (Å²) in [5.74, 6) is 0.874. The number of rotatable bonds is 7. The summed E-state index contributed by atoms with van der Waals surface area (Å²) < 4.78 is 27.0. The highest BCUT2D eigenvalue weighted by atomic mass is 35.5. The molecule has 0 unspecified atom stereocenters. The van der Waals surface area contributed by atoms with Gasteiger partial charge in [-0.05, 0) is 37.3 Å². The largest absolute Gasteiger partial charge is 0.496 e. The number of benzene rings is 2. The first-order valence-electron chi connectivity index (χ1n) is 8.56. The summed E-state index contributed by atoms with van der Waals surface area (Å²) in [4.78, 5) is 12.5. The van der Waals surface area contributed by atoms with Gasteiger partial charge in [-0.15, -0.1) is 0 Å². The van der Waals surface area contributed by atoms with Crippen LogP contribution in [0.2, 0.25) is 5.02 Å². The normalized spacial score (nSPS) is 12.9. The van der Waals surface area contributed by atoms with Crippen LogP contribution in [-0.2, 0) is 34.0 Å². The number of hydrogen-bond acceptors (Lipinski definition) is 6. The Morgan fingerprint density at radius 1 is 1.19 bits per heavy atom. The lowest BCUT2D eigenvalue weighted by atomic mass is 10.1. The minimum Gasteiger partial charge on any atom is -0.496 e. The Bertz CT molecular complexity index is 820. The van der Waals surface area contributed by atoms with Gasteiger partial charge in [0.2, 0.25) is 0 Å². The quantitative estimate of drug-likeness (QED) is 0.661. The fraction of sp³-hybridized carbons (Fsp3) is 0.350. The van der Waals surface area contributed by atoms with E-state index in [0.29, 0.717) is 47.5 Å². The number of esters is 1. The third-order valence-corrected chi connectivity index (χ3v) is 4.31. The van der Waals surface area contributed by atoms with Crippen LogP contribution < -0.4 is 9.47 Å². The molecular weight excluding hydrogens is 372 g/mol. The Morgan fingerprint density at radius 2 is 2.04 bits per heavy atom. The number of carbonyl (C=O) groups excluding carboxylic acids is 1. The van der Waals surface area contributed by atoms with Crippen molar-refractivity contribution in [3.05, 3.63) is 57.6 Å². The maximum Gasteiger partial charge on any atom is 0.338 e. The van der Waals surface area contributed by atoms with Gasteiger partial charge in [-0.3, -0.25) is 0 Å². The van der Waals surface area contributed by atoms with Gasteiger partial charge in [0.05, 0.1) is 25.9 Å². The van der Waals surface area contributed by atoms with Gasteiger partial charge in [0.25, 0.3) is 0 Å². The maximum absolute atomic E-state index is 12.5. The van der Waals surface area contributed by atoms with E-state index in [9.17, 15) is 4.79 Å². The molecule has 3 rings (SSSR count). The molecule has 0 bridgehead atoms. The van der Waals surface area contributed by atoms with Crippen molar-refractivity contribution in [3.8, 4) is 11.5 Å². The van der Waals surface area contributed by atoms with Crippen LogP contribution in [0.1, 0.15) is 34.0 Å². The first kappa shape index (κ1) is 19.5. The smallest absolute Gasteiger partial charge is 0.338 e. The minimum absolute atomic E-state index is 0.0501. The summed E-state index contributed by atoms with van der Waals surface area (Å²) >= 11 is 6.14. The van der Waals surface area contributed by atoms with Gasteiger partial charge >= 0.3 is 5.97 Å². The summed E-state index contributed by atoms with van der Waals surface area (Å²) in [7, 11) is 1.58. The second-order valence-corrected chi connectivity index (χ2v) is 6.34. The molecule has 0 aromatic heterocycles. The Morgan fingerprint density at radius 3 is 2.81 bits per heavy atom. The molecule has 1 aliphatic heterocycles. The van der Waals surface area contributed by atoms with Crippen LogP contribution in [0.5, 0.6) is 11.5 Å². The molecule has 0 radical (unpaired) electrons. The van der Waals surface area contributed by atoms with Gasteiger partial charge in [0.1, 0.15) is 18.1 Å². The van der Waals surface area contributed by atoms with E-state index in [4.69, 9.17) is 35.3 Å². The van der Waals surface area contributed by atoms with Crippen molar-refractivity contribution in [2.45, 2.75) is 26.7 Å². The average Bonchev–Trinajstić information content (AvgIpc) is 2.69. The van der Waals surface area contributed by atoms with Crippen molar-refractivity contribution >= 4 is 17.6 Å². The lowest BCUT2D eigenvalue weighted by Crippen LogP contribution is -2.14. The number of carbonyl (C=O) groups is 1. The number of hydrogen-bond donors (Lipinski definition) is 0. The molecular formula is C20H21ClO6. The molecule has 1 aliphatic rings. The molecule has 144 valence electrons. The van der Waals surface area contributed by atoms with Crippen molar-refractivity contribution < 1.29 is 28.5 Å². The van der Waals surface area contributed by atoms with E-state index in [1.165, 1.54) is 0 Å². The second kappa shape index (κ2) is 9.08. The highest BCUT2D eigenvalue weighted by Gasteiger charge is 2.18. The summed E-state index contributed by atoms with van der Waals surface area (Å²) in [5, 5.41) is 0.539. The monoisotopic (exact) mass is 392 g/mol. The van der Waals surface area contributed by atoms with E-state index < -0.39 is 5.97 Å². The van der Waals surface area contributed by atoms with Crippen LogP contribution in [0, 0.1) is 0 Å². The molecule has 0 saturated heterocycles. The standard InChI is InChI=1S/C20H21ClO6/c1-3-24-9-14-6-13(4-5-18(14)23-2)20(22)26-11-16-8-17(21)7-15-10-25-12-27-19(15)16/h4-8H,3,9-12H2,1-2H3. The van der Waals surface area contributed by atoms with Gasteiger partial charge in [-0.25, -0.2) is 4.79 Å². The Balaban J connectivity index is 1.74. The number of ether oxygens (including phenoxy) is 5. The first-order valence-corrected chi connectivity index (χ1v) is 8.93. The van der Waals surface area contributed by atoms with Gasteiger partial charge in [-0.1, -0.05) is 11.6 Å². The Hall–Kier alpha value is -2.28. The zero-order valence-electron chi connectivity index (χ0n) is 15.2. The highest BCUT2D eigenvalue weighted by molar-refractivity contribution is 6.30. The minimum atomic E-state index is -0.448. The first-order chi connectivity index (χ1) is 13.1. The van der Waals surface area contributed by atoms with Crippen LogP contribution in [0.4, 0.5) is 0 Å². The summed E-state index contributed by atoms with van der Waals surface area (Å²) in [6.07, 6.45) is 0.